The highest BCUT2D eigenvalue weighted by atomic mass is 16.3. The van der Waals surface area contributed by atoms with Gasteiger partial charge in [0.25, 0.3) is 5.91 Å². The second-order valence-corrected chi connectivity index (χ2v) is 8.47. The smallest absolute Gasteiger partial charge is 0.253 e. The van der Waals surface area contributed by atoms with E-state index in [0.717, 1.165) is 10.9 Å². The van der Waals surface area contributed by atoms with Crippen molar-refractivity contribution in [3.8, 4) is 0 Å². The molecule has 4 rings (SSSR count). The fourth-order valence-corrected chi connectivity index (χ4v) is 3.80. The molecule has 0 saturated carbocycles. The van der Waals surface area contributed by atoms with Gasteiger partial charge in [-0.1, -0.05) is 13.8 Å². The largest absolute Gasteiger partial charge is 0.388 e. The summed E-state index contributed by atoms with van der Waals surface area (Å²) in [6.07, 6.45) is 5.90. The van der Waals surface area contributed by atoms with Crippen molar-refractivity contribution >= 4 is 28.4 Å². The fraction of sp³-hybridized carbons (Fsp3) is 0.391. The van der Waals surface area contributed by atoms with Gasteiger partial charge in [-0.15, -0.1) is 0 Å². The molecular weight excluding hydrogens is 394 g/mol. The molecular formula is C23H27N5O3. The number of fused-ring (bicyclic) bond motifs is 1. The lowest BCUT2D eigenvalue weighted by atomic mass is 9.91. The molecule has 2 aromatic heterocycles. The number of carbonyl (C=O) groups is 2. The van der Waals surface area contributed by atoms with E-state index in [-0.39, 0.29) is 17.7 Å². The van der Waals surface area contributed by atoms with E-state index in [1.54, 1.807) is 40.3 Å². The van der Waals surface area contributed by atoms with Crippen molar-refractivity contribution in [2.45, 2.75) is 38.8 Å². The Bertz CT molecular complexity index is 1090. The number of nitrogens with zero attached hydrogens (tertiary/aromatic N) is 4. The first kappa shape index (κ1) is 21.0. The second kappa shape index (κ2) is 8.47. The van der Waals surface area contributed by atoms with Crippen LogP contribution in [0.3, 0.4) is 0 Å². The molecule has 2 N–H and O–H groups in total. The number of carbonyl (C=O) groups excluding carboxylic acids is 2. The van der Waals surface area contributed by atoms with Crippen LogP contribution in [0.25, 0.3) is 10.9 Å². The molecule has 0 aliphatic carbocycles. The van der Waals surface area contributed by atoms with Gasteiger partial charge in [0, 0.05) is 48.0 Å². The van der Waals surface area contributed by atoms with Gasteiger partial charge in [0.2, 0.25) is 5.91 Å². The molecule has 1 aliphatic heterocycles. The highest BCUT2D eigenvalue weighted by Gasteiger charge is 2.35. The number of piperidine rings is 1. The summed E-state index contributed by atoms with van der Waals surface area (Å²) < 4.78 is 1.78. The average molecular weight is 422 g/mol. The molecule has 1 saturated heterocycles. The van der Waals surface area contributed by atoms with Crippen LogP contribution in [0.15, 0.2) is 48.9 Å². The van der Waals surface area contributed by atoms with Gasteiger partial charge in [-0.05, 0) is 43.2 Å². The standard InChI is InChI=1S/C23H27N5O3/c1-16(2)21(29)26-19-4-3-18-14-25-28(20(18)13-19)15-23(31)7-11-27(12-8-23)22(30)17-5-9-24-10-6-17/h3-6,9-10,13-14,16,31H,7-8,11-12,15H2,1-2H3,(H,26,29). The van der Waals surface area contributed by atoms with E-state index in [0.29, 0.717) is 43.7 Å². The Kier molecular flexibility index (Phi) is 5.73. The molecule has 3 aromatic rings. The summed E-state index contributed by atoms with van der Waals surface area (Å²) in [7, 11) is 0. The normalized spacial score (nSPS) is 15.9. The van der Waals surface area contributed by atoms with Gasteiger partial charge < -0.3 is 15.3 Å². The van der Waals surface area contributed by atoms with Crippen LogP contribution in [0, 0.1) is 5.92 Å². The Morgan fingerprint density at radius 2 is 1.87 bits per heavy atom. The quantitative estimate of drug-likeness (QED) is 0.660. The van der Waals surface area contributed by atoms with E-state index >= 15 is 0 Å². The van der Waals surface area contributed by atoms with Crippen LogP contribution in [-0.4, -0.2) is 55.3 Å². The van der Waals surface area contributed by atoms with Crippen molar-refractivity contribution in [1.82, 2.24) is 19.7 Å². The predicted molar refractivity (Wildman–Crippen MR) is 118 cm³/mol. The number of aromatic nitrogens is 3. The molecule has 0 radical (unpaired) electrons. The average Bonchev–Trinajstić information content (AvgIpc) is 3.16. The van der Waals surface area contributed by atoms with E-state index < -0.39 is 5.60 Å². The summed E-state index contributed by atoms with van der Waals surface area (Å²) in [4.78, 5) is 30.4. The van der Waals surface area contributed by atoms with Crippen LogP contribution >= 0.6 is 0 Å². The molecule has 0 unspecified atom stereocenters. The second-order valence-electron chi connectivity index (χ2n) is 8.47. The van der Waals surface area contributed by atoms with E-state index in [4.69, 9.17) is 0 Å². The molecule has 2 amide bonds. The van der Waals surface area contributed by atoms with Crippen LogP contribution in [-0.2, 0) is 11.3 Å². The summed E-state index contributed by atoms with van der Waals surface area (Å²) in [6, 6.07) is 9.05. The Morgan fingerprint density at radius 1 is 1.16 bits per heavy atom. The van der Waals surface area contributed by atoms with Crippen molar-refractivity contribution in [2.75, 3.05) is 18.4 Å². The SMILES string of the molecule is CC(C)C(=O)Nc1ccc2cnn(CC3(O)CCN(C(=O)c4ccncc4)CC3)c2c1. The number of nitrogens with one attached hydrogen (secondary N) is 1. The van der Waals surface area contributed by atoms with Crippen LogP contribution in [0.2, 0.25) is 0 Å². The lowest BCUT2D eigenvalue weighted by molar-refractivity contribution is -0.118. The molecule has 1 aromatic carbocycles. The van der Waals surface area contributed by atoms with Gasteiger partial charge in [-0.25, -0.2) is 0 Å². The van der Waals surface area contributed by atoms with E-state index in [1.807, 2.05) is 32.0 Å². The number of likely N-dealkylation sites (tertiary alicyclic amines) is 1. The third-order valence-corrected chi connectivity index (χ3v) is 5.79. The van der Waals surface area contributed by atoms with Crippen molar-refractivity contribution in [1.29, 1.82) is 0 Å². The lowest BCUT2D eigenvalue weighted by Crippen LogP contribution is -2.48. The third-order valence-electron chi connectivity index (χ3n) is 5.79. The topological polar surface area (TPSA) is 100 Å². The molecule has 0 spiro atoms. The predicted octanol–water partition coefficient (Wildman–Crippen LogP) is 2.69. The summed E-state index contributed by atoms with van der Waals surface area (Å²) in [6.45, 7) is 4.98. The molecule has 1 fully saturated rings. The van der Waals surface area contributed by atoms with Crippen LogP contribution in [0.5, 0.6) is 0 Å². The zero-order chi connectivity index (χ0) is 22.0. The fourth-order valence-electron chi connectivity index (χ4n) is 3.80. The number of hydrogen-bond acceptors (Lipinski definition) is 5. The third kappa shape index (κ3) is 4.59. The number of pyridine rings is 1. The van der Waals surface area contributed by atoms with Gasteiger partial charge in [-0.3, -0.25) is 19.3 Å². The zero-order valence-corrected chi connectivity index (χ0v) is 17.8. The van der Waals surface area contributed by atoms with Gasteiger partial charge >= 0.3 is 0 Å². The van der Waals surface area contributed by atoms with Crippen LogP contribution in [0.4, 0.5) is 5.69 Å². The number of rotatable bonds is 5. The van der Waals surface area contributed by atoms with E-state index in [2.05, 4.69) is 15.4 Å². The van der Waals surface area contributed by atoms with Gasteiger partial charge in [0.15, 0.2) is 0 Å². The van der Waals surface area contributed by atoms with Crippen LogP contribution in [0.1, 0.15) is 37.0 Å². The number of aliphatic hydroxyl groups is 1. The van der Waals surface area contributed by atoms with Crippen molar-refractivity contribution in [3.05, 3.63) is 54.5 Å². The highest BCUT2D eigenvalue weighted by Crippen LogP contribution is 2.27. The molecule has 31 heavy (non-hydrogen) atoms. The minimum Gasteiger partial charge on any atom is -0.388 e. The monoisotopic (exact) mass is 421 g/mol. The van der Waals surface area contributed by atoms with Crippen molar-refractivity contribution in [3.63, 3.8) is 0 Å². The van der Waals surface area contributed by atoms with Gasteiger partial charge in [0.1, 0.15) is 0 Å². The maximum absolute atomic E-state index is 12.6. The molecule has 162 valence electrons. The summed E-state index contributed by atoms with van der Waals surface area (Å²) in [5, 5.41) is 19.5. The first-order valence-electron chi connectivity index (χ1n) is 10.5. The maximum Gasteiger partial charge on any atom is 0.253 e. The molecule has 0 bridgehead atoms. The van der Waals surface area contributed by atoms with Crippen molar-refractivity contribution in [2.24, 2.45) is 5.92 Å². The molecule has 8 nitrogen and oxygen atoms in total. The summed E-state index contributed by atoms with van der Waals surface area (Å²) in [5.74, 6) is -0.198. The molecule has 1 aliphatic rings. The Labute approximate surface area is 180 Å². The maximum atomic E-state index is 12.6. The number of anilines is 1. The van der Waals surface area contributed by atoms with Crippen LogP contribution < -0.4 is 5.32 Å². The van der Waals surface area contributed by atoms with E-state index in [9.17, 15) is 14.7 Å². The number of hydrogen-bond donors (Lipinski definition) is 2. The minimum atomic E-state index is -0.953. The Hall–Kier alpha value is -3.26. The van der Waals surface area contributed by atoms with Crippen molar-refractivity contribution < 1.29 is 14.7 Å². The van der Waals surface area contributed by atoms with E-state index in [1.165, 1.54) is 0 Å². The first-order chi connectivity index (χ1) is 14.8. The molecule has 0 atom stereocenters. The molecule has 3 heterocycles. The molecule has 8 heteroatoms. The lowest BCUT2D eigenvalue weighted by Gasteiger charge is -2.38. The Balaban J connectivity index is 1.45. The Morgan fingerprint density at radius 3 is 2.55 bits per heavy atom. The van der Waals surface area contributed by atoms with Gasteiger partial charge in [0.05, 0.1) is 23.9 Å². The zero-order valence-electron chi connectivity index (χ0n) is 17.8. The number of benzene rings is 1. The first-order valence-corrected chi connectivity index (χ1v) is 10.5. The summed E-state index contributed by atoms with van der Waals surface area (Å²) in [5.41, 5.74) is 1.21. The minimum absolute atomic E-state index is 0.0421. The van der Waals surface area contributed by atoms with Gasteiger partial charge in [-0.2, -0.15) is 5.10 Å². The number of amides is 2. The summed E-state index contributed by atoms with van der Waals surface area (Å²) >= 11 is 0. The highest BCUT2D eigenvalue weighted by molar-refractivity contribution is 5.95.